The molecular weight excluding hydrogens is 370 g/mol. The number of carbonyl (C=O) groups excluding carboxylic acids is 1. The van der Waals surface area contributed by atoms with Crippen molar-refractivity contribution in [2.24, 2.45) is 11.3 Å². The smallest absolute Gasteiger partial charge is 0.311 e. The van der Waals surface area contributed by atoms with Gasteiger partial charge in [0.25, 0.3) is 5.91 Å². The molecule has 1 amide bonds. The van der Waals surface area contributed by atoms with Crippen LogP contribution in [0.25, 0.3) is 5.69 Å². The van der Waals surface area contributed by atoms with E-state index < -0.39 is 11.4 Å². The lowest BCUT2D eigenvalue weighted by Crippen LogP contribution is -2.45. The Balaban J connectivity index is 1.61. The molecule has 2 saturated heterocycles. The van der Waals surface area contributed by atoms with Crippen LogP contribution in [-0.2, 0) is 9.53 Å². The highest BCUT2D eigenvalue weighted by atomic mass is 35.5. The maximum atomic E-state index is 13.1. The van der Waals surface area contributed by atoms with Crippen LogP contribution in [0.4, 0.5) is 0 Å². The summed E-state index contributed by atoms with van der Waals surface area (Å²) in [5.74, 6) is -1.22. The maximum absolute atomic E-state index is 13.1. The minimum atomic E-state index is -0.909. The summed E-state index contributed by atoms with van der Waals surface area (Å²) in [6.45, 7) is 3.21. The van der Waals surface area contributed by atoms with Crippen LogP contribution in [0, 0.1) is 18.3 Å². The predicted molar refractivity (Wildman–Crippen MR) is 98.2 cm³/mol. The second kappa shape index (κ2) is 6.65. The van der Waals surface area contributed by atoms with E-state index in [1.165, 1.54) is 6.20 Å². The molecular formula is C19H20ClN3O4. The van der Waals surface area contributed by atoms with Crippen molar-refractivity contribution < 1.29 is 19.4 Å². The number of aliphatic carboxylic acids is 1. The molecule has 2 atom stereocenters. The normalized spacial score (nSPS) is 24.7. The summed E-state index contributed by atoms with van der Waals surface area (Å²) in [5.41, 5.74) is 1.08. The Morgan fingerprint density at radius 3 is 2.74 bits per heavy atom. The number of ether oxygens (including phenoxy) is 1. The number of rotatable bonds is 3. The van der Waals surface area contributed by atoms with Gasteiger partial charge < -0.3 is 14.7 Å². The Morgan fingerprint density at radius 1 is 1.33 bits per heavy atom. The summed E-state index contributed by atoms with van der Waals surface area (Å²) in [6, 6.07) is 7.19. The van der Waals surface area contributed by atoms with Gasteiger partial charge in [0.15, 0.2) is 0 Å². The Hall–Kier alpha value is -2.38. The van der Waals surface area contributed by atoms with Crippen LogP contribution in [0.2, 0.25) is 5.02 Å². The van der Waals surface area contributed by atoms with Crippen molar-refractivity contribution in [2.45, 2.75) is 13.3 Å². The highest BCUT2D eigenvalue weighted by Gasteiger charge is 2.55. The van der Waals surface area contributed by atoms with E-state index in [0.717, 1.165) is 5.69 Å². The van der Waals surface area contributed by atoms with Crippen LogP contribution in [-0.4, -0.2) is 58.0 Å². The highest BCUT2D eigenvalue weighted by Crippen LogP contribution is 2.43. The first-order valence-corrected chi connectivity index (χ1v) is 9.21. The van der Waals surface area contributed by atoms with Gasteiger partial charge in [0.05, 0.1) is 35.2 Å². The number of benzene rings is 1. The standard InChI is InChI=1S/C19H20ClN3O4/c1-12-16(8-21-23(12)15-4-2-14(20)3-5-15)17(24)22-9-13-10-27-7-6-19(13,11-22)18(25)26/h2-5,8,13H,6-7,9-11H2,1H3,(H,25,26)/t13-,19+/m0/s1. The minimum Gasteiger partial charge on any atom is -0.481 e. The Bertz CT molecular complexity index is 895. The number of hydrogen-bond acceptors (Lipinski definition) is 4. The summed E-state index contributed by atoms with van der Waals surface area (Å²) >= 11 is 5.93. The lowest BCUT2D eigenvalue weighted by atomic mass is 9.74. The van der Waals surface area contributed by atoms with E-state index in [1.807, 2.05) is 19.1 Å². The molecule has 1 N–H and O–H groups in total. The molecule has 3 heterocycles. The molecule has 27 heavy (non-hydrogen) atoms. The van der Waals surface area contributed by atoms with E-state index in [4.69, 9.17) is 16.3 Å². The number of likely N-dealkylation sites (tertiary alicyclic amines) is 1. The van der Waals surface area contributed by atoms with Crippen LogP contribution in [0.15, 0.2) is 30.5 Å². The number of carbonyl (C=O) groups is 2. The third-order valence-corrected chi connectivity index (χ3v) is 5.98. The first kappa shape index (κ1) is 18.0. The second-order valence-corrected chi connectivity index (χ2v) is 7.64. The maximum Gasteiger partial charge on any atom is 0.311 e. The van der Waals surface area contributed by atoms with Crippen molar-refractivity contribution in [3.8, 4) is 5.69 Å². The number of amides is 1. The van der Waals surface area contributed by atoms with Crippen molar-refractivity contribution in [1.29, 1.82) is 0 Å². The zero-order valence-corrected chi connectivity index (χ0v) is 15.6. The Labute approximate surface area is 161 Å². The fraction of sp³-hybridized carbons (Fsp3) is 0.421. The Morgan fingerprint density at radius 2 is 2.07 bits per heavy atom. The van der Waals surface area contributed by atoms with Gasteiger partial charge in [-0.15, -0.1) is 0 Å². The van der Waals surface area contributed by atoms with E-state index in [9.17, 15) is 14.7 Å². The van der Waals surface area contributed by atoms with Gasteiger partial charge in [-0.1, -0.05) is 11.6 Å². The molecule has 7 nitrogen and oxygen atoms in total. The van der Waals surface area contributed by atoms with Crippen molar-refractivity contribution in [2.75, 3.05) is 26.3 Å². The second-order valence-electron chi connectivity index (χ2n) is 7.20. The highest BCUT2D eigenvalue weighted by molar-refractivity contribution is 6.30. The third-order valence-electron chi connectivity index (χ3n) is 5.73. The van der Waals surface area contributed by atoms with E-state index in [0.29, 0.717) is 42.5 Å². The fourth-order valence-electron chi connectivity index (χ4n) is 4.09. The van der Waals surface area contributed by atoms with Gasteiger partial charge in [0.1, 0.15) is 0 Å². The lowest BCUT2D eigenvalue weighted by Gasteiger charge is -2.33. The first-order valence-electron chi connectivity index (χ1n) is 8.83. The van der Waals surface area contributed by atoms with Crippen LogP contribution in [0.1, 0.15) is 22.5 Å². The SMILES string of the molecule is Cc1c(C(=O)N2C[C@H]3COCC[C@@]3(C(=O)O)C2)cnn1-c1ccc(Cl)cc1. The zero-order valence-electron chi connectivity index (χ0n) is 14.9. The van der Waals surface area contributed by atoms with E-state index in [1.54, 1.807) is 21.7 Å². The topological polar surface area (TPSA) is 84.7 Å². The van der Waals surface area contributed by atoms with Crippen molar-refractivity contribution in [3.05, 3.63) is 46.7 Å². The molecule has 4 rings (SSSR count). The molecule has 0 unspecified atom stereocenters. The van der Waals surface area contributed by atoms with Gasteiger partial charge in [-0.05, 0) is 37.6 Å². The number of aromatic nitrogens is 2. The van der Waals surface area contributed by atoms with Gasteiger partial charge in [0, 0.05) is 30.6 Å². The molecule has 0 aliphatic carbocycles. The van der Waals surface area contributed by atoms with Crippen molar-refractivity contribution in [3.63, 3.8) is 0 Å². The average molecular weight is 390 g/mol. The molecule has 1 aromatic heterocycles. The fourth-order valence-corrected chi connectivity index (χ4v) is 4.21. The monoisotopic (exact) mass is 389 g/mol. The molecule has 142 valence electrons. The summed E-state index contributed by atoms with van der Waals surface area (Å²) in [7, 11) is 0. The van der Waals surface area contributed by atoms with Crippen LogP contribution >= 0.6 is 11.6 Å². The lowest BCUT2D eigenvalue weighted by molar-refractivity contribution is -0.157. The molecule has 1 aromatic carbocycles. The number of fused-ring (bicyclic) bond motifs is 1. The first-order chi connectivity index (χ1) is 12.9. The van der Waals surface area contributed by atoms with Crippen molar-refractivity contribution in [1.82, 2.24) is 14.7 Å². The van der Waals surface area contributed by atoms with E-state index in [-0.39, 0.29) is 18.4 Å². The molecule has 8 heteroatoms. The molecule has 2 fully saturated rings. The molecule has 0 spiro atoms. The van der Waals surface area contributed by atoms with Crippen molar-refractivity contribution >= 4 is 23.5 Å². The van der Waals surface area contributed by atoms with Crippen LogP contribution in [0.3, 0.4) is 0 Å². The molecule has 2 aliphatic rings. The summed E-state index contributed by atoms with van der Waals surface area (Å²) < 4.78 is 7.14. The number of hydrogen-bond donors (Lipinski definition) is 1. The quantitative estimate of drug-likeness (QED) is 0.871. The number of nitrogens with zero attached hydrogens (tertiary/aromatic N) is 3. The molecule has 0 saturated carbocycles. The summed E-state index contributed by atoms with van der Waals surface area (Å²) in [5, 5.41) is 14.7. The van der Waals surface area contributed by atoms with E-state index in [2.05, 4.69) is 5.10 Å². The van der Waals surface area contributed by atoms with Gasteiger partial charge >= 0.3 is 5.97 Å². The summed E-state index contributed by atoms with van der Waals surface area (Å²) in [6.07, 6.45) is 1.97. The van der Waals surface area contributed by atoms with Crippen LogP contribution in [0.5, 0.6) is 0 Å². The molecule has 2 aliphatic heterocycles. The van der Waals surface area contributed by atoms with Gasteiger partial charge in [0.2, 0.25) is 0 Å². The predicted octanol–water partition coefficient (Wildman–Crippen LogP) is 2.40. The largest absolute Gasteiger partial charge is 0.481 e. The molecule has 0 bridgehead atoms. The number of halogens is 1. The third kappa shape index (κ3) is 2.91. The van der Waals surface area contributed by atoms with Crippen LogP contribution < -0.4 is 0 Å². The number of carboxylic acid groups (broad SMARTS) is 1. The average Bonchev–Trinajstić information content (AvgIpc) is 3.24. The molecule has 0 radical (unpaired) electrons. The van der Waals surface area contributed by atoms with Gasteiger partial charge in [-0.3, -0.25) is 9.59 Å². The number of carboxylic acids is 1. The zero-order chi connectivity index (χ0) is 19.2. The Kier molecular flexibility index (Phi) is 4.44. The van der Waals surface area contributed by atoms with E-state index >= 15 is 0 Å². The summed E-state index contributed by atoms with van der Waals surface area (Å²) in [4.78, 5) is 26.6. The van der Waals surface area contributed by atoms with Gasteiger partial charge in [-0.2, -0.15) is 5.10 Å². The molecule has 2 aromatic rings. The minimum absolute atomic E-state index is 0.181. The van der Waals surface area contributed by atoms with Gasteiger partial charge in [-0.25, -0.2) is 4.68 Å².